The number of aliphatic carboxylic acids is 1. The van der Waals surface area contributed by atoms with Gasteiger partial charge in [0.05, 0.1) is 0 Å². The van der Waals surface area contributed by atoms with Crippen molar-refractivity contribution in [1.29, 1.82) is 0 Å². The van der Waals surface area contributed by atoms with Gasteiger partial charge in [0.1, 0.15) is 11.9 Å². The molecule has 122 valence electrons. The molecular weight excluding hydrogens is 305 g/mol. The lowest BCUT2D eigenvalue weighted by atomic mass is 10.1. The fourth-order valence-corrected chi connectivity index (χ4v) is 1.80. The molecule has 2 rings (SSSR count). The summed E-state index contributed by atoms with van der Waals surface area (Å²) < 4.78 is 18.5. The molecule has 0 aliphatic heterocycles. The number of carboxylic acid groups (broad SMARTS) is 1. The number of benzene rings is 1. The van der Waals surface area contributed by atoms with Gasteiger partial charge in [-0.1, -0.05) is 17.3 Å². The highest BCUT2D eigenvalue weighted by Gasteiger charge is 2.15. The lowest BCUT2D eigenvalue weighted by Crippen LogP contribution is -2.38. The number of nitrogens with one attached hydrogen (secondary N) is 1. The van der Waals surface area contributed by atoms with Gasteiger partial charge in [0.25, 0.3) is 0 Å². The van der Waals surface area contributed by atoms with Crippen LogP contribution in [-0.4, -0.2) is 33.2 Å². The number of aryl methyl sites for hydroxylation is 2. The first kappa shape index (κ1) is 16.6. The van der Waals surface area contributed by atoms with Crippen LogP contribution >= 0.6 is 0 Å². The molecule has 0 fully saturated rings. The zero-order valence-corrected chi connectivity index (χ0v) is 12.7. The Bertz CT molecular complexity index is 729. The maximum atomic E-state index is 13.5. The van der Waals surface area contributed by atoms with Crippen molar-refractivity contribution < 1.29 is 23.6 Å². The summed E-state index contributed by atoms with van der Waals surface area (Å²) in [5.41, 5.74) is 0.994. The van der Waals surface area contributed by atoms with Gasteiger partial charge >= 0.3 is 5.97 Å². The van der Waals surface area contributed by atoms with Crippen molar-refractivity contribution in [2.45, 2.75) is 32.7 Å². The molecule has 0 bridgehead atoms. The summed E-state index contributed by atoms with van der Waals surface area (Å²) in [7, 11) is 0. The van der Waals surface area contributed by atoms with E-state index in [0.29, 0.717) is 11.1 Å². The summed E-state index contributed by atoms with van der Waals surface area (Å²) in [6.45, 7) is 3.02. The number of carbonyl (C=O) groups is 2. The Kier molecular flexibility index (Phi) is 5.05. The lowest BCUT2D eigenvalue weighted by Gasteiger charge is -2.07. The van der Waals surface area contributed by atoms with Gasteiger partial charge in [-0.05, 0) is 25.5 Å². The highest BCUT2D eigenvalue weighted by atomic mass is 19.1. The van der Waals surface area contributed by atoms with Crippen molar-refractivity contribution in [1.82, 2.24) is 15.5 Å². The topological polar surface area (TPSA) is 105 Å². The molecule has 1 amide bonds. The minimum atomic E-state index is -1.11. The summed E-state index contributed by atoms with van der Waals surface area (Å²) in [5, 5.41) is 14.8. The van der Waals surface area contributed by atoms with Gasteiger partial charge in [-0.2, -0.15) is 4.98 Å². The van der Waals surface area contributed by atoms with E-state index >= 15 is 0 Å². The molecule has 2 N–H and O–H groups in total. The molecule has 23 heavy (non-hydrogen) atoms. The van der Waals surface area contributed by atoms with E-state index in [-0.39, 0.29) is 30.4 Å². The zero-order valence-electron chi connectivity index (χ0n) is 12.7. The first-order chi connectivity index (χ1) is 10.9. The average molecular weight is 321 g/mol. The van der Waals surface area contributed by atoms with Crippen molar-refractivity contribution in [3.63, 3.8) is 0 Å². The maximum absolute atomic E-state index is 13.5. The van der Waals surface area contributed by atoms with Crippen LogP contribution in [0.5, 0.6) is 0 Å². The second-order valence-corrected chi connectivity index (χ2v) is 5.10. The monoisotopic (exact) mass is 321 g/mol. The van der Waals surface area contributed by atoms with Gasteiger partial charge in [-0.25, -0.2) is 4.39 Å². The number of carbonyl (C=O) groups excluding carboxylic acids is 1. The van der Waals surface area contributed by atoms with Crippen LogP contribution in [0.15, 0.2) is 22.7 Å². The molecule has 0 radical (unpaired) electrons. The van der Waals surface area contributed by atoms with Gasteiger partial charge < -0.3 is 14.9 Å². The van der Waals surface area contributed by atoms with Gasteiger partial charge in [0.15, 0.2) is 0 Å². The summed E-state index contributed by atoms with van der Waals surface area (Å²) in [6, 6.07) is 3.64. The molecule has 1 aromatic carbocycles. The third kappa shape index (κ3) is 4.35. The Morgan fingerprint density at radius 1 is 1.43 bits per heavy atom. The van der Waals surface area contributed by atoms with Crippen LogP contribution in [0.1, 0.15) is 24.8 Å². The molecule has 1 heterocycles. The van der Waals surface area contributed by atoms with Gasteiger partial charge in [-0.3, -0.25) is 9.59 Å². The summed E-state index contributed by atoms with van der Waals surface area (Å²) >= 11 is 0. The summed E-state index contributed by atoms with van der Waals surface area (Å²) in [4.78, 5) is 26.3. The van der Waals surface area contributed by atoms with Crippen LogP contribution in [0.3, 0.4) is 0 Å². The van der Waals surface area contributed by atoms with E-state index in [9.17, 15) is 14.0 Å². The van der Waals surface area contributed by atoms with E-state index in [0.717, 1.165) is 0 Å². The molecule has 8 heteroatoms. The van der Waals surface area contributed by atoms with Gasteiger partial charge in [0, 0.05) is 18.4 Å². The molecule has 0 aliphatic rings. The SMILES string of the molecule is Cc1ccc(-c2noc(CCC(=O)N[C@@H](C)C(=O)O)n2)cc1F. The number of nitrogens with zero attached hydrogens (tertiary/aromatic N) is 2. The van der Waals surface area contributed by atoms with Crippen LogP contribution in [0.25, 0.3) is 11.4 Å². The minimum absolute atomic E-state index is 0.0154. The predicted octanol–water partition coefficient (Wildman–Crippen LogP) is 1.71. The molecule has 7 nitrogen and oxygen atoms in total. The van der Waals surface area contributed by atoms with E-state index in [1.165, 1.54) is 13.0 Å². The predicted molar refractivity (Wildman–Crippen MR) is 78.0 cm³/mol. The average Bonchev–Trinajstić information content (AvgIpc) is 2.96. The number of amides is 1. The fourth-order valence-electron chi connectivity index (χ4n) is 1.80. The standard InChI is InChI=1S/C15H16FN3O4/c1-8-3-4-10(7-11(8)16)14-18-13(23-19-14)6-5-12(20)17-9(2)15(21)22/h3-4,7,9H,5-6H2,1-2H3,(H,17,20)(H,21,22)/t9-/m0/s1. The second-order valence-electron chi connectivity index (χ2n) is 5.10. The second kappa shape index (κ2) is 6.99. The van der Waals surface area contributed by atoms with Crippen LogP contribution in [-0.2, 0) is 16.0 Å². The van der Waals surface area contributed by atoms with Crippen LogP contribution in [0, 0.1) is 12.7 Å². The van der Waals surface area contributed by atoms with Crippen LogP contribution in [0.4, 0.5) is 4.39 Å². The number of hydrogen-bond donors (Lipinski definition) is 2. The Hall–Kier alpha value is -2.77. The molecular formula is C15H16FN3O4. The number of rotatable bonds is 6. The van der Waals surface area contributed by atoms with Crippen LogP contribution in [0.2, 0.25) is 0 Å². The smallest absolute Gasteiger partial charge is 0.325 e. The number of hydrogen-bond acceptors (Lipinski definition) is 5. The summed E-state index contributed by atoms with van der Waals surface area (Å²) in [6.07, 6.45) is 0.182. The van der Waals surface area contributed by atoms with E-state index in [4.69, 9.17) is 9.63 Å². The zero-order chi connectivity index (χ0) is 17.0. The Labute approximate surface area is 131 Å². The minimum Gasteiger partial charge on any atom is -0.480 e. The molecule has 0 saturated carbocycles. The molecule has 2 aromatic rings. The third-order valence-corrected chi connectivity index (χ3v) is 3.21. The van der Waals surface area contributed by atoms with Crippen molar-refractivity contribution in [2.75, 3.05) is 0 Å². The highest BCUT2D eigenvalue weighted by molar-refractivity contribution is 5.83. The van der Waals surface area contributed by atoms with Crippen molar-refractivity contribution in [2.24, 2.45) is 0 Å². The van der Waals surface area contributed by atoms with Crippen molar-refractivity contribution >= 4 is 11.9 Å². The van der Waals surface area contributed by atoms with Gasteiger partial charge in [-0.15, -0.1) is 0 Å². The lowest BCUT2D eigenvalue weighted by molar-refractivity contribution is -0.141. The quantitative estimate of drug-likeness (QED) is 0.839. The maximum Gasteiger partial charge on any atom is 0.325 e. The Morgan fingerprint density at radius 2 is 2.17 bits per heavy atom. The number of aromatic nitrogens is 2. The molecule has 0 aliphatic carbocycles. The van der Waals surface area contributed by atoms with Gasteiger partial charge in [0.2, 0.25) is 17.6 Å². The number of carboxylic acids is 1. The highest BCUT2D eigenvalue weighted by Crippen LogP contribution is 2.19. The first-order valence-corrected chi connectivity index (χ1v) is 6.98. The normalized spacial score (nSPS) is 12.0. The molecule has 0 unspecified atom stereocenters. The van der Waals surface area contributed by atoms with E-state index in [1.807, 2.05) is 0 Å². The first-order valence-electron chi connectivity index (χ1n) is 6.98. The van der Waals surface area contributed by atoms with E-state index < -0.39 is 17.9 Å². The van der Waals surface area contributed by atoms with Crippen LogP contribution < -0.4 is 5.32 Å². The van der Waals surface area contributed by atoms with Crippen molar-refractivity contribution in [3.8, 4) is 11.4 Å². The molecule has 1 atom stereocenters. The third-order valence-electron chi connectivity index (χ3n) is 3.21. The Balaban J connectivity index is 1.96. The van der Waals surface area contributed by atoms with E-state index in [2.05, 4.69) is 15.5 Å². The van der Waals surface area contributed by atoms with Crippen molar-refractivity contribution in [3.05, 3.63) is 35.5 Å². The fraction of sp³-hybridized carbons (Fsp3) is 0.333. The Morgan fingerprint density at radius 3 is 2.83 bits per heavy atom. The summed E-state index contributed by atoms with van der Waals surface area (Å²) in [5.74, 6) is -1.45. The van der Waals surface area contributed by atoms with E-state index in [1.54, 1.807) is 19.1 Å². The molecule has 0 spiro atoms. The molecule has 1 aromatic heterocycles. The molecule has 0 saturated heterocycles. The number of halogens is 1. The largest absolute Gasteiger partial charge is 0.480 e.